The molecular weight excluding hydrogens is 226 g/mol. The third-order valence-electron chi connectivity index (χ3n) is 2.24. The van der Waals surface area contributed by atoms with Crippen LogP contribution in [-0.2, 0) is 0 Å². The number of hydrogen-bond donors (Lipinski definition) is 0. The Morgan fingerprint density at radius 1 is 1.17 bits per heavy atom. The summed E-state index contributed by atoms with van der Waals surface area (Å²) in [6.07, 6.45) is 6.78. The number of hydrogen-bond acceptors (Lipinski definition) is 3. The molecule has 0 unspecified atom stereocenters. The summed E-state index contributed by atoms with van der Waals surface area (Å²) >= 11 is 0. The second kappa shape index (κ2) is 5.74. The summed E-state index contributed by atoms with van der Waals surface area (Å²) in [5, 5.41) is 0. The molecule has 0 aliphatic heterocycles. The van der Waals surface area contributed by atoms with E-state index >= 15 is 0 Å². The number of pyridine rings is 1. The zero-order chi connectivity index (χ0) is 12.8. The quantitative estimate of drug-likeness (QED) is 0.767. The van der Waals surface area contributed by atoms with Gasteiger partial charge in [-0.05, 0) is 18.2 Å². The zero-order valence-electron chi connectivity index (χ0n) is 9.96. The Balaban J connectivity index is 2.17. The first-order chi connectivity index (χ1) is 8.81. The van der Waals surface area contributed by atoms with Gasteiger partial charge >= 0.3 is 0 Å². The van der Waals surface area contributed by atoms with Crippen LogP contribution in [0.5, 0.6) is 17.4 Å². The first-order valence-electron chi connectivity index (χ1n) is 5.40. The van der Waals surface area contributed by atoms with Crippen molar-refractivity contribution in [2.24, 2.45) is 0 Å². The molecule has 0 bridgehead atoms. The highest BCUT2D eigenvalue weighted by atomic mass is 16.5. The fourth-order valence-corrected chi connectivity index (χ4v) is 1.44. The van der Waals surface area contributed by atoms with Gasteiger partial charge in [0, 0.05) is 12.1 Å². The first kappa shape index (κ1) is 12.0. The van der Waals surface area contributed by atoms with Gasteiger partial charge in [0.15, 0.2) is 0 Å². The largest absolute Gasteiger partial charge is 0.497 e. The van der Waals surface area contributed by atoms with E-state index in [9.17, 15) is 0 Å². The molecule has 18 heavy (non-hydrogen) atoms. The van der Waals surface area contributed by atoms with Gasteiger partial charge < -0.3 is 9.47 Å². The average molecular weight is 238 g/mol. The Hall–Kier alpha value is -2.47. The van der Waals surface area contributed by atoms with Gasteiger partial charge in [-0.15, -0.1) is 6.42 Å². The number of rotatable bonds is 4. The van der Waals surface area contributed by atoms with E-state index in [1.165, 1.54) is 0 Å². The normalized spacial score (nSPS) is 9.56. The van der Waals surface area contributed by atoms with Crippen LogP contribution in [0.3, 0.4) is 0 Å². The van der Waals surface area contributed by atoms with Crippen LogP contribution >= 0.6 is 0 Å². The fourth-order valence-electron chi connectivity index (χ4n) is 1.44. The molecule has 0 saturated carbocycles. The van der Waals surface area contributed by atoms with E-state index in [-0.39, 0.29) is 0 Å². The van der Waals surface area contributed by atoms with E-state index in [2.05, 4.69) is 10.9 Å². The van der Waals surface area contributed by atoms with Gasteiger partial charge in [-0.25, -0.2) is 4.98 Å². The van der Waals surface area contributed by atoms with E-state index < -0.39 is 0 Å². The predicted octanol–water partition coefficient (Wildman–Crippen LogP) is 3.07. The van der Waals surface area contributed by atoms with E-state index in [0.717, 1.165) is 5.75 Å². The van der Waals surface area contributed by atoms with Crippen LogP contribution < -0.4 is 9.47 Å². The van der Waals surface area contributed by atoms with Crippen LogP contribution in [0.2, 0.25) is 0 Å². The highest BCUT2D eigenvalue weighted by Gasteiger charge is 2.01. The first-order valence-corrected chi connectivity index (χ1v) is 5.40. The smallest absolute Gasteiger partial charge is 0.219 e. The van der Waals surface area contributed by atoms with Crippen LogP contribution in [0.4, 0.5) is 0 Å². The molecule has 1 radical (unpaired) electrons. The van der Waals surface area contributed by atoms with Crippen LogP contribution in [0, 0.1) is 18.8 Å². The molecule has 0 aliphatic rings. The van der Waals surface area contributed by atoms with Crippen molar-refractivity contribution >= 4 is 0 Å². The van der Waals surface area contributed by atoms with Gasteiger partial charge in [0.05, 0.1) is 19.2 Å². The molecular formula is C15H12NO2. The summed E-state index contributed by atoms with van der Waals surface area (Å²) in [4.78, 5) is 4.25. The van der Waals surface area contributed by atoms with E-state index in [1.54, 1.807) is 25.7 Å². The molecule has 89 valence electrons. The number of terminal acetylenes is 1. The molecule has 0 aliphatic carbocycles. The van der Waals surface area contributed by atoms with Gasteiger partial charge in [0.25, 0.3) is 0 Å². The third-order valence-corrected chi connectivity index (χ3v) is 2.24. The number of nitrogens with zero attached hydrogens (tertiary/aromatic N) is 1. The van der Waals surface area contributed by atoms with Gasteiger partial charge in [-0.3, -0.25) is 0 Å². The molecule has 3 nitrogen and oxygen atoms in total. The van der Waals surface area contributed by atoms with Crippen molar-refractivity contribution in [2.75, 3.05) is 7.11 Å². The van der Waals surface area contributed by atoms with Crippen molar-refractivity contribution < 1.29 is 9.47 Å². The second-order valence-electron chi connectivity index (χ2n) is 3.49. The lowest BCUT2D eigenvalue weighted by molar-refractivity contribution is 0.407. The lowest BCUT2D eigenvalue weighted by atomic mass is 10.3. The average Bonchev–Trinajstić information content (AvgIpc) is 2.40. The molecule has 1 aromatic carbocycles. The Morgan fingerprint density at radius 2 is 1.94 bits per heavy atom. The molecule has 0 saturated heterocycles. The summed E-state index contributed by atoms with van der Waals surface area (Å²) in [6, 6.07) is 12.8. The van der Waals surface area contributed by atoms with Gasteiger partial charge in [-0.1, -0.05) is 18.1 Å². The predicted molar refractivity (Wildman–Crippen MR) is 69.5 cm³/mol. The summed E-state index contributed by atoms with van der Waals surface area (Å²) in [7, 11) is 1.61. The number of ether oxygens (including phenoxy) is 2. The summed E-state index contributed by atoms with van der Waals surface area (Å²) in [5.41, 5.74) is 0.692. The molecule has 0 N–H and O–H groups in total. The molecule has 0 atom stereocenters. The maximum Gasteiger partial charge on any atom is 0.219 e. The molecule has 3 heteroatoms. The fraction of sp³-hybridized carbons (Fsp3) is 0.0667. The van der Waals surface area contributed by atoms with Crippen molar-refractivity contribution in [1.82, 2.24) is 4.98 Å². The summed E-state index contributed by atoms with van der Waals surface area (Å²) in [5.74, 6) is 4.32. The Kier molecular flexibility index (Phi) is 3.83. The lowest BCUT2D eigenvalue weighted by Gasteiger charge is -2.07. The van der Waals surface area contributed by atoms with Crippen molar-refractivity contribution in [1.29, 1.82) is 0 Å². The maximum atomic E-state index is 5.63. The van der Waals surface area contributed by atoms with E-state index in [0.29, 0.717) is 17.3 Å². The van der Waals surface area contributed by atoms with Crippen LogP contribution in [0.25, 0.3) is 0 Å². The van der Waals surface area contributed by atoms with Crippen LogP contribution in [-0.4, -0.2) is 12.1 Å². The molecule has 2 aromatic rings. The van der Waals surface area contributed by atoms with Crippen molar-refractivity contribution in [3.05, 3.63) is 54.6 Å². The topological polar surface area (TPSA) is 31.4 Å². The Morgan fingerprint density at radius 3 is 2.72 bits per heavy atom. The van der Waals surface area contributed by atoms with Crippen molar-refractivity contribution in [2.45, 2.75) is 0 Å². The minimum atomic E-state index is 0.493. The van der Waals surface area contributed by atoms with Gasteiger partial charge in [0.2, 0.25) is 5.88 Å². The minimum Gasteiger partial charge on any atom is -0.497 e. The number of aromatic nitrogens is 1. The minimum absolute atomic E-state index is 0.493. The summed E-state index contributed by atoms with van der Waals surface area (Å²) in [6.45, 7) is 0. The molecule has 0 fully saturated rings. The Labute approximate surface area is 106 Å². The summed E-state index contributed by atoms with van der Waals surface area (Å²) < 4.78 is 10.7. The number of benzene rings is 1. The van der Waals surface area contributed by atoms with Crippen LogP contribution in [0.15, 0.2) is 42.5 Å². The standard InChI is InChI=1S/C15H12NO2/c1-3-6-12-7-4-10-15(16-12)18-14-9-5-8-13(11-14)17-2/h1,4-11H,2H3. The van der Waals surface area contributed by atoms with Gasteiger partial charge in [-0.2, -0.15) is 0 Å². The Bertz CT molecular complexity index is 573. The van der Waals surface area contributed by atoms with Gasteiger partial charge in [0.1, 0.15) is 11.5 Å². The third kappa shape index (κ3) is 3.02. The second-order valence-corrected chi connectivity index (χ2v) is 3.49. The van der Waals surface area contributed by atoms with Crippen LogP contribution in [0.1, 0.15) is 5.69 Å². The molecule has 1 aromatic heterocycles. The molecule has 2 rings (SSSR count). The highest BCUT2D eigenvalue weighted by Crippen LogP contribution is 2.23. The number of methoxy groups -OCH3 is 1. The lowest BCUT2D eigenvalue weighted by Crippen LogP contribution is -1.91. The highest BCUT2D eigenvalue weighted by molar-refractivity contribution is 5.36. The zero-order valence-corrected chi connectivity index (χ0v) is 9.96. The molecule has 1 heterocycles. The van der Waals surface area contributed by atoms with Crippen molar-refractivity contribution in [3.8, 4) is 29.7 Å². The molecule has 0 spiro atoms. The monoisotopic (exact) mass is 238 g/mol. The molecule has 0 amide bonds. The van der Waals surface area contributed by atoms with E-state index in [1.807, 2.05) is 30.3 Å². The SMILES string of the molecule is C#C[CH]c1cccc(Oc2cccc(OC)c2)n1. The van der Waals surface area contributed by atoms with Crippen molar-refractivity contribution in [3.63, 3.8) is 0 Å². The maximum absolute atomic E-state index is 5.63. The van der Waals surface area contributed by atoms with E-state index in [4.69, 9.17) is 15.9 Å².